The van der Waals surface area contributed by atoms with Crippen molar-refractivity contribution < 1.29 is 4.39 Å². The van der Waals surface area contributed by atoms with Crippen LogP contribution in [0.25, 0.3) is 27.6 Å². The summed E-state index contributed by atoms with van der Waals surface area (Å²) in [4.78, 5) is 16.2. The van der Waals surface area contributed by atoms with Crippen LogP contribution in [0.15, 0.2) is 77.3 Å². The number of thiazole rings is 1. The maximum Gasteiger partial charge on any atom is 0.223 e. The molecule has 1 N–H and O–H groups in total. The van der Waals surface area contributed by atoms with Crippen molar-refractivity contribution in [1.29, 1.82) is 0 Å². The second-order valence-corrected chi connectivity index (χ2v) is 11.0. The van der Waals surface area contributed by atoms with Crippen molar-refractivity contribution in [2.24, 2.45) is 0 Å². The standard InChI is InChI=1S/C26H22ClFN6S2/c27-18-3-7-21(8-4-18)36-33-13-10-20(11-14-33)30-25-29-12-9-22(31-25)24-23(17-1-5-19(28)6-2-17)32-26-34(24)15-16-35-26/h1-9,12,15-16,20H,10-11,13-14H2,(H,29,30,31). The second-order valence-electron chi connectivity index (χ2n) is 8.53. The van der Waals surface area contributed by atoms with Gasteiger partial charge in [0, 0.05) is 52.4 Å². The number of aromatic nitrogens is 4. The van der Waals surface area contributed by atoms with Crippen LogP contribution in [0.5, 0.6) is 0 Å². The summed E-state index contributed by atoms with van der Waals surface area (Å²) in [6, 6.07) is 16.6. The van der Waals surface area contributed by atoms with Gasteiger partial charge in [-0.15, -0.1) is 11.3 Å². The summed E-state index contributed by atoms with van der Waals surface area (Å²) < 4.78 is 17.9. The molecule has 4 heterocycles. The summed E-state index contributed by atoms with van der Waals surface area (Å²) in [5.41, 5.74) is 3.27. The Morgan fingerprint density at radius 3 is 2.56 bits per heavy atom. The quantitative estimate of drug-likeness (QED) is 0.238. The van der Waals surface area contributed by atoms with E-state index >= 15 is 0 Å². The zero-order valence-electron chi connectivity index (χ0n) is 19.1. The van der Waals surface area contributed by atoms with Gasteiger partial charge in [-0.2, -0.15) is 0 Å². The minimum absolute atomic E-state index is 0.271. The maximum absolute atomic E-state index is 13.5. The summed E-state index contributed by atoms with van der Waals surface area (Å²) in [5, 5.41) is 6.28. The molecular weight excluding hydrogens is 515 g/mol. The van der Waals surface area contributed by atoms with Crippen molar-refractivity contribution >= 4 is 45.8 Å². The minimum atomic E-state index is -0.271. The number of anilines is 1. The van der Waals surface area contributed by atoms with Crippen LogP contribution in [0.3, 0.4) is 0 Å². The number of nitrogens with zero attached hydrogens (tertiary/aromatic N) is 5. The minimum Gasteiger partial charge on any atom is -0.351 e. The molecule has 182 valence electrons. The summed E-state index contributed by atoms with van der Waals surface area (Å²) in [7, 11) is 0. The highest BCUT2D eigenvalue weighted by molar-refractivity contribution is 7.97. The van der Waals surface area contributed by atoms with Crippen LogP contribution in [0.2, 0.25) is 5.02 Å². The Bertz CT molecular complexity index is 1480. The number of halogens is 2. The number of hydrogen-bond donors (Lipinski definition) is 1. The second kappa shape index (κ2) is 10.2. The van der Waals surface area contributed by atoms with Crippen molar-refractivity contribution in [3.05, 3.63) is 83.2 Å². The first-order valence-corrected chi connectivity index (χ1v) is 13.7. The Morgan fingerprint density at radius 2 is 1.78 bits per heavy atom. The van der Waals surface area contributed by atoms with Gasteiger partial charge in [0.1, 0.15) is 11.5 Å². The molecule has 1 aliphatic heterocycles. The van der Waals surface area contributed by atoms with E-state index in [0.29, 0.717) is 12.0 Å². The summed E-state index contributed by atoms with van der Waals surface area (Å²) in [6.45, 7) is 1.94. The van der Waals surface area contributed by atoms with Crippen molar-refractivity contribution in [3.8, 4) is 22.6 Å². The van der Waals surface area contributed by atoms with E-state index in [2.05, 4.69) is 26.7 Å². The third-order valence-corrected chi connectivity index (χ3v) is 8.23. The van der Waals surface area contributed by atoms with E-state index < -0.39 is 0 Å². The van der Waals surface area contributed by atoms with Crippen molar-refractivity contribution in [2.45, 2.75) is 23.8 Å². The average Bonchev–Trinajstić information content (AvgIpc) is 3.49. The number of imidazole rings is 1. The predicted molar refractivity (Wildman–Crippen MR) is 145 cm³/mol. The fourth-order valence-corrected chi connectivity index (χ4v) is 6.11. The number of fused-ring (bicyclic) bond motifs is 1. The molecule has 0 saturated carbocycles. The molecule has 1 fully saturated rings. The van der Waals surface area contributed by atoms with E-state index in [1.54, 1.807) is 41.6 Å². The Morgan fingerprint density at radius 1 is 1.00 bits per heavy atom. The van der Waals surface area contributed by atoms with Gasteiger partial charge in [-0.05, 0) is 79.4 Å². The number of nitrogens with one attached hydrogen (secondary N) is 1. The largest absolute Gasteiger partial charge is 0.351 e. The number of benzene rings is 2. The van der Waals surface area contributed by atoms with E-state index in [4.69, 9.17) is 21.6 Å². The molecule has 0 amide bonds. The molecule has 2 aromatic carbocycles. The van der Waals surface area contributed by atoms with Crippen LogP contribution in [-0.2, 0) is 0 Å². The van der Waals surface area contributed by atoms with Gasteiger partial charge >= 0.3 is 0 Å². The number of hydrogen-bond acceptors (Lipinski definition) is 7. The summed E-state index contributed by atoms with van der Waals surface area (Å²) in [5.74, 6) is 0.332. The lowest BCUT2D eigenvalue weighted by Gasteiger charge is -2.31. The molecule has 0 aliphatic carbocycles. The Balaban J connectivity index is 1.19. The van der Waals surface area contributed by atoms with Gasteiger partial charge in [-0.3, -0.25) is 4.40 Å². The van der Waals surface area contributed by atoms with Crippen LogP contribution in [0.1, 0.15) is 12.8 Å². The molecule has 1 saturated heterocycles. The molecule has 3 aromatic heterocycles. The van der Waals surface area contributed by atoms with Crippen LogP contribution in [0.4, 0.5) is 10.3 Å². The van der Waals surface area contributed by atoms with Gasteiger partial charge in [0.25, 0.3) is 0 Å². The monoisotopic (exact) mass is 536 g/mol. The highest BCUT2D eigenvalue weighted by Crippen LogP contribution is 2.34. The average molecular weight is 537 g/mol. The summed E-state index contributed by atoms with van der Waals surface area (Å²) >= 11 is 9.32. The van der Waals surface area contributed by atoms with Crippen LogP contribution >= 0.6 is 34.9 Å². The lowest BCUT2D eigenvalue weighted by molar-refractivity contribution is 0.357. The molecule has 6 rings (SSSR count). The Hall–Kier alpha value is -2.98. The molecule has 0 bridgehead atoms. The fraction of sp³-hybridized carbons (Fsp3) is 0.192. The molecule has 6 nitrogen and oxygen atoms in total. The molecule has 0 atom stereocenters. The van der Waals surface area contributed by atoms with Gasteiger partial charge in [0.15, 0.2) is 4.96 Å². The third kappa shape index (κ3) is 4.97. The van der Waals surface area contributed by atoms with E-state index in [0.717, 1.165) is 58.6 Å². The maximum atomic E-state index is 13.5. The topological polar surface area (TPSA) is 58.4 Å². The van der Waals surface area contributed by atoms with Crippen molar-refractivity contribution in [1.82, 2.24) is 23.7 Å². The van der Waals surface area contributed by atoms with E-state index in [9.17, 15) is 4.39 Å². The highest BCUT2D eigenvalue weighted by Gasteiger charge is 2.22. The summed E-state index contributed by atoms with van der Waals surface area (Å²) in [6.07, 6.45) is 5.75. The molecule has 0 unspecified atom stereocenters. The van der Waals surface area contributed by atoms with Gasteiger partial charge in [-0.25, -0.2) is 23.6 Å². The molecule has 1 aliphatic rings. The zero-order valence-corrected chi connectivity index (χ0v) is 21.5. The van der Waals surface area contributed by atoms with E-state index in [-0.39, 0.29) is 5.82 Å². The van der Waals surface area contributed by atoms with Crippen LogP contribution < -0.4 is 5.32 Å². The Labute approximate surface area is 221 Å². The SMILES string of the molecule is Fc1ccc(-c2nc3sccn3c2-c2ccnc(NC3CCN(Sc4ccc(Cl)cc4)CC3)n2)cc1. The van der Waals surface area contributed by atoms with Gasteiger partial charge in [-0.1, -0.05) is 11.6 Å². The molecule has 0 radical (unpaired) electrons. The van der Waals surface area contributed by atoms with E-state index in [1.165, 1.54) is 17.0 Å². The third-order valence-electron chi connectivity index (χ3n) is 6.11. The normalized spacial score (nSPS) is 14.9. The van der Waals surface area contributed by atoms with Crippen molar-refractivity contribution in [2.75, 3.05) is 18.4 Å². The van der Waals surface area contributed by atoms with Crippen molar-refractivity contribution in [3.63, 3.8) is 0 Å². The molecule has 36 heavy (non-hydrogen) atoms. The number of piperidine rings is 1. The zero-order chi connectivity index (χ0) is 24.5. The first kappa shape index (κ1) is 23.4. The van der Waals surface area contributed by atoms with Crippen LogP contribution in [0, 0.1) is 5.82 Å². The van der Waals surface area contributed by atoms with Gasteiger partial charge in [0.2, 0.25) is 5.95 Å². The lowest BCUT2D eigenvalue weighted by Crippen LogP contribution is -2.35. The molecular formula is C26H22ClFN6S2. The molecule has 10 heteroatoms. The first-order valence-electron chi connectivity index (χ1n) is 11.6. The smallest absolute Gasteiger partial charge is 0.223 e. The number of rotatable bonds is 6. The molecule has 0 spiro atoms. The lowest BCUT2D eigenvalue weighted by atomic mass is 10.1. The van der Waals surface area contributed by atoms with E-state index in [1.807, 2.05) is 34.2 Å². The van der Waals surface area contributed by atoms with Gasteiger partial charge < -0.3 is 5.32 Å². The first-order chi connectivity index (χ1) is 17.6. The van der Waals surface area contributed by atoms with Crippen LogP contribution in [-0.4, -0.2) is 42.8 Å². The Kier molecular flexibility index (Phi) is 6.62. The predicted octanol–water partition coefficient (Wildman–Crippen LogP) is 6.90. The highest BCUT2D eigenvalue weighted by atomic mass is 35.5. The fourth-order valence-electron chi connectivity index (χ4n) is 4.32. The van der Waals surface area contributed by atoms with Gasteiger partial charge in [0.05, 0.1) is 11.4 Å². The molecule has 5 aromatic rings.